The van der Waals surface area contributed by atoms with E-state index in [0.29, 0.717) is 17.1 Å². The van der Waals surface area contributed by atoms with Crippen LogP contribution in [0.2, 0.25) is 0 Å². The van der Waals surface area contributed by atoms with Gasteiger partial charge in [0.05, 0.1) is 18.4 Å². The van der Waals surface area contributed by atoms with Crippen LogP contribution in [0.3, 0.4) is 0 Å². The Bertz CT molecular complexity index is 693. The molecule has 0 radical (unpaired) electrons. The molecule has 0 bridgehead atoms. The number of nitrogens with one attached hydrogen (secondary N) is 2. The number of aromatic amines is 1. The topological polar surface area (TPSA) is 123 Å². The fourth-order valence-electron chi connectivity index (χ4n) is 1.66. The molecule has 0 aliphatic carbocycles. The molecule has 0 aliphatic heterocycles. The molecule has 0 aliphatic rings. The summed E-state index contributed by atoms with van der Waals surface area (Å²) in [5, 5.41) is 6.29. The smallest absolute Gasteiger partial charge is 0.438 e. The van der Waals surface area contributed by atoms with Gasteiger partial charge in [-0.3, -0.25) is 14.3 Å². The molecule has 112 valence electrons. The van der Waals surface area contributed by atoms with Gasteiger partial charge in [0.25, 0.3) is 5.91 Å². The van der Waals surface area contributed by atoms with Gasteiger partial charge in [0, 0.05) is 18.7 Å². The number of hydrogen-bond donors (Lipinski definition) is 2. The third-order valence-corrected chi connectivity index (χ3v) is 2.88. The molecule has 0 fully saturated rings. The van der Waals surface area contributed by atoms with Crippen molar-refractivity contribution >= 4 is 5.91 Å². The number of nitrogens with zero attached hydrogens (tertiary/aromatic N) is 3. The van der Waals surface area contributed by atoms with E-state index in [0.717, 1.165) is 0 Å². The number of aromatic nitrogens is 4. The first-order valence-electron chi connectivity index (χ1n) is 6.23. The zero-order valence-electron chi connectivity index (χ0n) is 11.8. The Morgan fingerprint density at radius 2 is 2.33 bits per heavy atom. The maximum atomic E-state index is 12.1. The van der Waals surface area contributed by atoms with Gasteiger partial charge < -0.3 is 10.1 Å². The summed E-state index contributed by atoms with van der Waals surface area (Å²) in [6.07, 6.45) is 1.40. The average molecular weight is 293 g/mol. The summed E-state index contributed by atoms with van der Waals surface area (Å²) in [4.78, 5) is 33.3. The number of rotatable bonds is 5. The number of ether oxygens (including phenoxy) is 1. The molecular formula is C12H15N5O4. The van der Waals surface area contributed by atoms with E-state index in [1.807, 2.05) is 0 Å². The van der Waals surface area contributed by atoms with E-state index >= 15 is 0 Å². The second kappa shape index (κ2) is 6.16. The Morgan fingerprint density at radius 1 is 1.57 bits per heavy atom. The lowest BCUT2D eigenvalue weighted by Gasteiger charge is -2.10. The highest BCUT2D eigenvalue weighted by molar-refractivity contribution is 5.94. The van der Waals surface area contributed by atoms with Crippen molar-refractivity contribution in [2.24, 2.45) is 0 Å². The Labute approximate surface area is 119 Å². The molecule has 1 amide bonds. The van der Waals surface area contributed by atoms with Crippen LogP contribution in [-0.4, -0.2) is 39.7 Å². The fraction of sp³-hybridized carbons (Fsp3) is 0.417. The molecule has 2 aromatic heterocycles. The molecule has 2 rings (SSSR count). The maximum Gasteiger partial charge on any atom is 0.438 e. The largest absolute Gasteiger partial charge is 0.467 e. The van der Waals surface area contributed by atoms with Crippen LogP contribution < -0.4 is 15.8 Å². The lowest BCUT2D eigenvalue weighted by atomic mass is 10.1. The van der Waals surface area contributed by atoms with E-state index in [-0.39, 0.29) is 24.4 Å². The molecule has 9 heteroatoms. The summed E-state index contributed by atoms with van der Waals surface area (Å²) in [5.41, 5.74) is 0.874. The van der Waals surface area contributed by atoms with E-state index in [9.17, 15) is 9.59 Å². The molecule has 9 nitrogen and oxygen atoms in total. The molecule has 1 unspecified atom stereocenters. The normalized spacial score (nSPS) is 12.0. The molecule has 2 N–H and O–H groups in total. The monoisotopic (exact) mass is 293 g/mol. The summed E-state index contributed by atoms with van der Waals surface area (Å²) in [6.45, 7) is 3.77. The maximum absolute atomic E-state index is 12.1. The van der Waals surface area contributed by atoms with Gasteiger partial charge in [-0.1, -0.05) is 12.1 Å². The van der Waals surface area contributed by atoms with Crippen molar-refractivity contribution in [3.05, 3.63) is 33.8 Å². The predicted octanol–water partition coefficient (Wildman–Crippen LogP) is 0.00342. The molecule has 2 heterocycles. The van der Waals surface area contributed by atoms with Gasteiger partial charge in [-0.15, -0.1) is 0 Å². The van der Waals surface area contributed by atoms with Crippen molar-refractivity contribution in [3.63, 3.8) is 0 Å². The summed E-state index contributed by atoms with van der Waals surface area (Å²) >= 11 is 0. The number of H-pyrrole nitrogens is 1. The first-order chi connectivity index (χ1) is 10.0. The predicted molar refractivity (Wildman–Crippen MR) is 71.2 cm³/mol. The van der Waals surface area contributed by atoms with E-state index in [4.69, 9.17) is 4.74 Å². The SMILES string of the molecule is COc1ncc(C(=O)NCC(C)c2noc(=O)[nH]2)c(C)n1. The summed E-state index contributed by atoms with van der Waals surface area (Å²) in [7, 11) is 1.45. The van der Waals surface area contributed by atoms with Crippen LogP contribution >= 0.6 is 0 Å². The van der Waals surface area contributed by atoms with Gasteiger partial charge in [0.15, 0.2) is 5.82 Å². The van der Waals surface area contributed by atoms with Crippen molar-refractivity contribution in [2.75, 3.05) is 13.7 Å². The second-order valence-corrected chi connectivity index (χ2v) is 4.45. The van der Waals surface area contributed by atoms with Gasteiger partial charge in [-0.25, -0.2) is 9.78 Å². The van der Waals surface area contributed by atoms with Gasteiger partial charge in [-0.2, -0.15) is 4.98 Å². The van der Waals surface area contributed by atoms with Gasteiger partial charge in [-0.05, 0) is 6.92 Å². The molecule has 1 atom stereocenters. The Kier molecular flexibility index (Phi) is 4.31. The number of carbonyl (C=O) groups excluding carboxylic acids is 1. The van der Waals surface area contributed by atoms with Crippen LogP contribution in [0.5, 0.6) is 6.01 Å². The lowest BCUT2D eigenvalue weighted by molar-refractivity contribution is 0.0949. The van der Waals surface area contributed by atoms with Crippen LogP contribution in [0.15, 0.2) is 15.5 Å². The van der Waals surface area contributed by atoms with Crippen LogP contribution in [0.4, 0.5) is 0 Å². The van der Waals surface area contributed by atoms with E-state index in [1.165, 1.54) is 13.3 Å². The molecular weight excluding hydrogens is 278 g/mol. The van der Waals surface area contributed by atoms with E-state index < -0.39 is 5.76 Å². The number of hydrogen-bond acceptors (Lipinski definition) is 7. The highest BCUT2D eigenvalue weighted by Crippen LogP contribution is 2.10. The highest BCUT2D eigenvalue weighted by Gasteiger charge is 2.15. The fourth-order valence-corrected chi connectivity index (χ4v) is 1.66. The quantitative estimate of drug-likeness (QED) is 0.795. The number of amides is 1. The van der Waals surface area contributed by atoms with Crippen LogP contribution in [0.1, 0.15) is 34.7 Å². The number of methoxy groups -OCH3 is 1. The molecule has 21 heavy (non-hydrogen) atoms. The van der Waals surface area contributed by atoms with Crippen molar-refractivity contribution in [1.82, 2.24) is 25.4 Å². The molecule has 0 saturated carbocycles. The van der Waals surface area contributed by atoms with E-state index in [2.05, 4.69) is 29.9 Å². The summed E-state index contributed by atoms with van der Waals surface area (Å²) in [6, 6.07) is 0.206. The second-order valence-electron chi connectivity index (χ2n) is 4.45. The average Bonchev–Trinajstić information content (AvgIpc) is 2.90. The van der Waals surface area contributed by atoms with Crippen LogP contribution in [-0.2, 0) is 0 Å². The Hall–Kier alpha value is -2.71. The Morgan fingerprint density at radius 3 is 2.90 bits per heavy atom. The first-order valence-corrected chi connectivity index (χ1v) is 6.23. The zero-order valence-corrected chi connectivity index (χ0v) is 11.8. The first kappa shape index (κ1) is 14.7. The summed E-state index contributed by atoms with van der Waals surface area (Å²) in [5.74, 6) is -0.752. The minimum atomic E-state index is -0.623. The van der Waals surface area contributed by atoms with Crippen molar-refractivity contribution in [3.8, 4) is 6.01 Å². The van der Waals surface area contributed by atoms with Crippen LogP contribution in [0.25, 0.3) is 0 Å². The van der Waals surface area contributed by atoms with Crippen molar-refractivity contribution in [2.45, 2.75) is 19.8 Å². The van der Waals surface area contributed by atoms with Crippen LogP contribution in [0, 0.1) is 6.92 Å². The molecule has 0 aromatic carbocycles. The third kappa shape index (κ3) is 3.44. The summed E-state index contributed by atoms with van der Waals surface area (Å²) < 4.78 is 9.30. The third-order valence-electron chi connectivity index (χ3n) is 2.88. The minimum Gasteiger partial charge on any atom is -0.467 e. The number of aryl methyl sites for hydroxylation is 1. The number of carbonyl (C=O) groups is 1. The highest BCUT2D eigenvalue weighted by atomic mass is 16.5. The standard InChI is InChI=1S/C12H15N5O4/c1-6(9-16-12(19)21-17-9)4-13-10(18)8-5-14-11(20-3)15-7(8)2/h5-6H,4H2,1-3H3,(H,13,18)(H,16,17,19). The van der Waals surface area contributed by atoms with Gasteiger partial charge >= 0.3 is 11.8 Å². The molecule has 2 aromatic rings. The van der Waals surface area contributed by atoms with Crippen molar-refractivity contribution in [1.29, 1.82) is 0 Å². The molecule has 0 spiro atoms. The Balaban J connectivity index is 2.00. The van der Waals surface area contributed by atoms with Gasteiger partial charge in [0.1, 0.15) is 0 Å². The van der Waals surface area contributed by atoms with E-state index in [1.54, 1.807) is 13.8 Å². The molecule has 0 saturated heterocycles. The van der Waals surface area contributed by atoms with Crippen molar-refractivity contribution < 1.29 is 14.1 Å². The lowest BCUT2D eigenvalue weighted by Crippen LogP contribution is -2.29. The minimum absolute atomic E-state index is 0.195. The van der Waals surface area contributed by atoms with Gasteiger partial charge in [0.2, 0.25) is 0 Å². The zero-order chi connectivity index (χ0) is 15.4.